The molecule has 0 bridgehead atoms. The highest BCUT2D eigenvalue weighted by molar-refractivity contribution is 7.17. The minimum absolute atomic E-state index is 0.211. The lowest BCUT2D eigenvalue weighted by atomic mass is 10.1. The summed E-state index contributed by atoms with van der Waals surface area (Å²) in [6.07, 6.45) is 0. The molecule has 0 fully saturated rings. The third-order valence-electron chi connectivity index (χ3n) is 5.22. The number of amides is 1. The Morgan fingerprint density at radius 2 is 1.81 bits per heavy atom. The first-order valence-corrected chi connectivity index (χ1v) is 10.5. The van der Waals surface area contributed by atoms with Gasteiger partial charge in [0.15, 0.2) is 0 Å². The SMILES string of the molecule is Cc1ccc(NC(=O)Cn2c(=O)n(Cc3ccccc3F)c(=O)c3sccc32)cc1C. The van der Waals surface area contributed by atoms with Gasteiger partial charge in [0.05, 0.1) is 12.1 Å². The second-order valence-electron chi connectivity index (χ2n) is 7.33. The number of carbonyl (C=O) groups excluding carboxylic acids is 1. The van der Waals surface area contributed by atoms with Gasteiger partial charge in [-0.1, -0.05) is 24.3 Å². The Hall–Kier alpha value is -3.52. The number of halogens is 1. The summed E-state index contributed by atoms with van der Waals surface area (Å²) in [5.41, 5.74) is 2.23. The Kier molecular flexibility index (Phi) is 5.56. The minimum Gasteiger partial charge on any atom is -0.325 e. The average molecular weight is 437 g/mol. The number of fused-ring (bicyclic) bond motifs is 1. The third kappa shape index (κ3) is 4.06. The summed E-state index contributed by atoms with van der Waals surface area (Å²) >= 11 is 1.18. The van der Waals surface area contributed by atoms with E-state index in [0.717, 1.165) is 15.7 Å². The summed E-state index contributed by atoms with van der Waals surface area (Å²) in [5.74, 6) is -0.895. The van der Waals surface area contributed by atoms with Crippen molar-refractivity contribution in [2.24, 2.45) is 0 Å². The van der Waals surface area contributed by atoms with Crippen molar-refractivity contribution in [3.8, 4) is 0 Å². The van der Waals surface area contributed by atoms with E-state index < -0.39 is 23.0 Å². The standard InChI is InChI=1S/C23H20FN3O3S/c1-14-7-8-17(11-15(14)2)25-20(28)13-26-19-9-10-31-21(19)22(29)27(23(26)30)12-16-5-3-4-6-18(16)24/h3-11H,12-13H2,1-2H3,(H,25,28). The van der Waals surface area contributed by atoms with E-state index in [1.807, 2.05) is 26.0 Å². The van der Waals surface area contributed by atoms with Crippen LogP contribution in [0, 0.1) is 19.7 Å². The molecule has 2 aromatic heterocycles. The van der Waals surface area contributed by atoms with E-state index in [-0.39, 0.29) is 18.7 Å². The van der Waals surface area contributed by atoms with Gasteiger partial charge in [-0.05, 0) is 54.6 Å². The van der Waals surface area contributed by atoms with Crippen LogP contribution in [0.5, 0.6) is 0 Å². The number of nitrogens with zero attached hydrogens (tertiary/aromatic N) is 2. The zero-order chi connectivity index (χ0) is 22.1. The highest BCUT2D eigenvalue weighted by Gasteiger charge is 2.17. The monoisotopic (exact) mass is 437 g/mol. The van der Waals surface area contributed by atoms with Gasteiger partial charge in [-0.15, -0.1) is 11.3 Å². The lowest BCUT2D eigenvalue weighted by Crippen LogP contribution is -2.41. The van der Waals surface area contributed by atoms with E-state index in [0.29, 0.717) is 15.9 Å². The van der Waals surface area contributed by atoms with Crippen molar-refractivity contribution < 1.29 is 9.18 Å². The summed E-state index contributed by atoms with van der Waals surface area (Å²) in [6.45, 7) is 3.45. The van der Waals surface area contributed by atoms with Crippen LogP contribution in [-0.4, -0.2) is 15.0 Å². The molecule has 0 radical (unpaired) electrons. The van der Waals surface area contributed by atoms with Gasteiger partial charge in [-0.2, -0.15) is 0 Å². The maximum Gasteiger partial charge on any atom is 0.332 e. The molecule has 158 valence electrons. The second kappa shape index (κ2) is 8.31. The Morgan fingerprint density at radius 1 is 1.03 bits per heavy atom. The fraction of sp³-hybridized carbons (Fsp3) is 0.174. The van der Waals surface area contributed by atoms with Crippen LogP contribution in [0.1, 0.15) is 16.7 Å². The summed E-state index contributed by atoms with van der Waals surface area (Å²) < 4.78 is 16.7. The number of benzene rings is 2. The first kappa shape index (κ1) is 20.7. The van der Waals surface area contributed by atoms with E-state index in [4.69, 9.17) is 0 Å². The van der Waals surface area contributed by atoms with E-state index >= 15 is 0 Å². The first-order chi connectivity index (χ1) is 14.8. The van der Waals surface area contributed by atoms with Crippen LogP contribution in [0.3, 0.4) is 0 Å². The van der Waals surface area contributed by atoms with Crippen LogP contribution in [0.15, 0.2) is 63.5 Å². The fourth-order valence-electron chi connectivity index (χ4n) is 3.39. The van der Waals surface area contributed by atoms with Crippen LogP contribution in [0.25, 0.3) is 10.2 Å². The summed E-state index contributed by atoms with van der Waals surface area (Å²) in [5, 5.41) is 4.48. The van der Waals surface area contributed by atoms with Crippen molar-refractivity contribution in [2.45, 2.75) is 26.9 Å². The summed E-state index contributed by atoms with van der Waals surface area (Å²) in [4.78, 5) is 38.7. The van der Waals surface area contributed by atoms with Crippen LogP contribution < -0.4 is 16.6 Å². The number of anilines is 1. The molecule has 0 aliphatic carbocycles. The first-order valence-electron chi connectivity index (χ1n) is 9.66. The number of hydrogen-bond donors (Lipinski definition) is 1. The molecule has 1 N–H and O–H groups in total. The molecular weight excluding hydrogens is 417 g/mol. The molecule has 0 aliphatic rings. The zero-order valence-electron chi connectivity index (χ0n) is 17.0. The molecule has 1 amide bonds. The number of aromatic nitrogens is 2. The number of nitrogens with one attached hydrogen (secondary N) is 1. The molecule has 0 spiro atoms. The van der Waals surface area contributed by atoms with Gasteiger partial charge in [0.2, 0.25) is 5.91 Å². The zero-order valence-corrected chi connectivity index (χ0v) is 17.8. The summed E-state index contributed by atoms with van der Waals surface area (Å²) in [7, 11) is 0. The largest absolute Gasteiger partial charge is 0.332 e. The summed E-state index contributed by atoms with van der Waals surface area (Å²) in [6, 6.07) is 13.2. The van der Waals surface area contributed by atoms with Crippen LogP contribution in [-0.2, 0) is 17.9 Å². The lowest BCUT2D eigenvalue weighted by molar-refractivity contribution is -0.116. The van der Waals surface area contributed by atoms with Gasteiger partial charge in [0, 0.05) is 11.3 Å². The Labute approximate surface area is 181 Å². The van der Waals surface area contributed by atoms with Crippen LogP contribution in [0.4, 0.5) is 10.1 Å². The molecule has 2 heterocycles. The van der Waals surface area contributed by atoms with E-state index in [1.54, 1.807) is 29.6 Å². The van der Waals surface area contributed by atoms with Crippen molar-refractivity contribution in [2.75, 3.05) is 5.32 Å². The van der Waals surface area contributed by atoms with Crippen LogP contribution in [0.2, 0.25) is 0 Å². The van der Waals surface area contributed by atoms with Gasteiger partial charge < -0.3 is 5.32 Å². The maximum absolute atomic E-state index is 14.1. The Balaban J connectivity index is 1.72. The fourth-order valence-corrected chi connectivity index (χ4v) is 4.23. The van der Waals surface area contributed by atoms with Crippen molar-refractivity contribution in [1.29, 1.82) is 0 Å². The average Bonchev–Trinajstić information content (AvgIpc) is 3.22. The molecule has 4 aromatic rings. The van der Waals surface area contributed by atoms with E-state index in [2.05, 4.69) is 5.32 Å². The molecule has 0 saturated heterocycles. The smallest absolute Gasteiger partial charge is 0.325 e. The molecule has 31 heavy (non-hydrogen) atoms. The molecular formula is C23H20FN3O3S. The van der Waals surface area contributed by atoms with Gasteiger partial charge in [-0.25, -0.2) is 9.18 Å². The topological polar surface area (TPSA) is 73.1 Å². The number of aryl methyl sites for hydroxylation is 2. The number of hydrogen-bond acceptors (Lipinski definition) is 4. The second-order valence-corrected chi connectivity index (χ2v) is 8.25. The third-order valence-corrected chi connectivity index (χ3v) is 6.11. The molecule has 0 saturated carbocycles. The van der Waals surface area contributed by atoms with E-state index in [1.165, 1.54) is 28.0 Å². The normalized spacial score (nSPS) is 11.1. The van der Waals surface area contributed by atoms with Crippen molar-refractivity contribution in [3.05, 3.63) is 97.3 Å². The van der Waals surface area contributed by atoms with E-state index in [9.17, 15) is 18.8 Å². The molecule has 0 atom stereocenters. The molecule has 8 heteroatoms. The van der Waals surface area contributed by atoms with Gasteiger partial charge in [0.25, 0.3) is 5.56 Å². The van der Waals surface area contributed by atoms with Crippen molar-refractivity contribution in [3.63, 3.8) is 0 Å². The van der Waals surface area contributed by atoms with Gasteiger partial charge in [0.1, 0.15) is 17.1 Å². The van der Waals surface area contributed by atoms with Gasteiger partial charge >= 0.3 is 5.69 Å². The molecule has 4 rings (SSSR count). The maximum atomic E-state index is 14.1. The number of carbonyl (C=O) groups is 1. The molecule has 0 unspecified atom stereocenters. The highest BCUT2D eigenvalue weighted by atomic mass is 32.1. The Morgan fingerprint density at radius 3 is 2.55 bits per heavy atom. The molecule has 2 aromatic carbocycles. The predicted octanol–water partition coefficient (Wildman–Crippen LogP) is 3.67. The van der Waals surface area contributed by atoms with Gasteiger partial charge in [-0.3, -0.25) is 18.7 Å². The quantitative estimate of drug-likeness (QED) is 0.518. The van der Waals surface area contributed by atoms with Crippen LogP contribution >= 0.6 is 11.3 Å². The Bertz CT molecular complexity index is 1420. The lowest BCUT2D eigenvalue weighted by Gasteiger charge is -2.13. The number of thiophene rings is 1. The predicted molar refractivity (Wildman–Crippen MR) is 120 cm³/mol. The molecule has 0 aliphatic heterocycles. The molecule has 6 nitrogen and oxygen atoms in total. The minimum atomic E-state index is -0.658. The van der Waals surface area contributed by atoms with Crippen molar-refractivity contribution in [1.82, 2.24) is 9.13 Å². The highest BCUT2D eigenvalue weighted by Crippen LogP contribution is 2.17. The van der Waals surface area contributed by atoms with Crippen molar-refractivity contribution >= 4 is 33.1 Å². The number of rotatable bonds is 5.